The third-order valence-corrected chi connectivity index (χ3v) is 3.10. The average Bonchev–Trinajstić information content (AvgIpc) is 2.28. The fourth-order valence-electron chi connectivity index (χ4n) is 2.24. The Morgan fingerprint density at radius 2 is 2.31 bits per heavy atom. The average molecular weight is 218 g/mol. The molecule has 2 rings (SSSR count). The van der Waals surface area contributed by atoms with Crippen LogP contribution in [0.3, 0.4) is 0 Å². The van der Waals surface area contributed by atoms with Crippen molar-refractivity contribution in [3.63, 3.8) is 0 Å². The summed E-state index contributed by atoms with van der Waals surface area (Å²) < 4.78 is 0. The van der Waals surface area contributed by atoms with Gasteiger partial charge in [-0.25, -0.2) is 0 Å². The zero-order chi connectivity index (χ0) is 11.5. The standard InChI is InChI=1S/C13H18N2O/c1-3-15-8-7-12-11(9-15)5-4-6-13(12)14-10(2)16/h4-6H,3,7-9H2,1-2H3,(H,14,16). The van der Waals surface area contributed by atoms with Gasteiger partial charge in [0.2, 0.25) is 5.91 Å². The Kier molecular flexibility index (Phi) is 3.25. The van der Waals surface area contributed by atoms with Gasteiger partial charge in [-0.2, -0.15) is 0 Å². The van der Waals surface area contributed by atoms with Gasteiger partial charge in [-0.05, 0) is 30.2 Å². The molecule has 3 heteroatoms. The van der Waals surface area contributed by atoms with Crippen LogP contribution in [0.5, 0.6) is 0 Å². The van der Waals surface area contributed by atoms with E-state index < -0.39 is 0 Å². The quantitative estimate of drug-likeness (QED) is 0.823. The van der Waals surface area contributed by atoms with Gasteiger partial charge in [0.1, 0.15) is 0 Å². The van der Waals surface area contributed by atoms with E-state index in [1.165, 1.54) is 11.1 Å². The van der Waals surface area contributed by atoms with Gasteiger partial charge in [-0.1, -0.05) is 19.1 Å². The third-order valence-electron chi connectivity index (χ3n) is 3.10. The van der Waals surface area contributed by atoms with Gasteiger partial charge in [-0.15, -0.1) is 0 Å². The van der Waals surface area contributed by atoms with Crippen LogP contribution in [0.1, 0.15) is 25.0 Å². The van der Waals surface area contributed by atoms with Gasteiger partial charge in [0, 0.05) is 25.7 Å². The van der Waals surface area contributed by atoms with Crippen molar-refractivity contribution in [3.8, 4) is 0 Å². The van der Waals surface area contributed by atoms with Crippen molar-refractivity contribution >= 4 is 11.6 Å². The largest absolute Gasteiger partial charge is 0.326 e. The molecular formula is C13H18N2O. The van der Waals surface area contributed by atoms with Crippen molar-refractivity contribution in [2.24, 2.45) is 0 Å². The van der Waals surface area contributed by atoms with Gasteiger partial charge in [-0.3, -0.25) is 9.69 Å². The molecule has 0 saturated carbocycles. The number of likely N-dealkylation sites (N-methyl/N-ethyl adjacent to an activating group) is 1. The highest BCUT2D eigenvalue weighted by Gasteiger charge is 2.17. The second-order valence-electron chi connectivity index (χ2n) is 4.24. The number of anilines is 1. The first-order valence-electron chi connectivity index (χ1n) is 5.81. The summed E-state index contributed by atoms with van der Waals surface area (Å²) in [5.74, 6) is 0.00585. The Balaban J connectivity index is 2.27. The molecule has 1 aliphatic heterocycles. The number of hydrogen-bond donors (Lipinski definition) is 1. The number of fused-ring (bicyclic) bond motifs is 1. The summed E-state index contributed by atoms with van der Waals surface area (Å²) in [4.78, 5) is 13.5. The molecule has 1 aromatic carbocycles. The van der Waals surface area contributed by atoms with Gasteiger partial charge >= 0.3 is 0 Å². The van der Waals surface area contributed by atoms with Crippen molar-refractivity contribution in [1.29, 1.82) is 0 Å². The highest BCUT2D eigenvalue weighted by atomic mass is 16.1. The topological polar surface area (TPSA) is 32.3 Å². The Morgan fingerprint density at radius 1 is 1.50 bits per heavy atom. The zero-order valence-corrected chi connectivity index (χ0v) is 9.92. The lowest BCUT2D eigenvalue weighted by Crippen LogP contribution is -2.30. The lowest BCUT2D eigenvalue weighted by atomic mass is 9.98. The van der Waals surface area contributed by atoms with Crippen LogP contribution in [-0.2, 0) is 17.8 Å². The molecule has 1 aromatic rings. The molecular weight excluding hydrogens is 200 g/mol. The number of hydrogen-bond acceptors (Lipinski definition) is 2. The summed E-state index contributed by atoms with van der Waals surface area (Å²) in [5.41, 5.74) is 3.64. The van der Waals surface area contributed by atoms with Crippen LogP contribution in [0.15, 0.2) is 18.2 Å². The lowest BCUT2D eigenvalue weighted by Gasteiger charge is -2.28. The van der Waals surface area contributed by atoms with Crippen molar-refractivity contribution in [3.05, 3.63) is 29.3 Å². The Labute approximate surface area is 96.5 Å². The van der Waals surface area contributed by atoms with E-state index in [9.17, 15) is 4.79 Å². The van der Waals surface area contributed by atoms with Crippen molar-refractivity contribution in [2.75, 3.05) is 18.4 Å². The molecule has 1 amide bonds. The normalized spacial score (nSPS) is 15.6. The minimum absolute atomic E-state index is 0.00585. The molecule has 0 aromatic heterocycles. The highest BCUT2D eigenvalue weighted by molar-refractivity contribution is 5.89. The summed E-state index contributed by atoms with van der Waals surface area (Å²) in [5, 5.41) is 2.91. The molecule has 1 N–H and O–H groups in total. The molecule has 0 aliphatic carbocycles. The second-order valence-corrected chi connectivity index (χ2v) is 4.24. The SMILES string of the molecule is CCN1CCc2c(cccc2NC(C)=O)C1. The van der Waals surface area contributed by atoms with Crippen LogP contribution in [0.4, 0.5) is 5.69 Å². The molecule has 0 fully saturated rings. The van der Waals surface area contributed by atoms with E-state index in [-0.39, 0.29) is 5.91 Å². The predicted molar refractivity (Wildman–Crippen MR) is 65.4 cm³/mol. The minimum Gasteiger partial charge on any atom is -0.326 e. The summed E-state index contributed by atoms with van der Waals surface area (Å²) in [7, 11) is 0. The number of nitrogens with zero attached hydrogens (tertiary/aromatic N) is 1. The fourth-order valence-corrected chi connectivity index (χ4v) is 2.24. The maximum Gasteiger partial charge on any atom is 0.221 e. The molecule has 16 heavy (non-hydrogen) atoms. The maximum atomic E-state index is 11.1. The number of nitrogens with one attached hydrogen (secondary N) is 1. The summed E-state index contributed by atoms with van der Waals surface area (Å²) in [6.45, 7) is 6.91. The number of rotatable bonds is 2. The highest BCUT2D eigenvalue weighted by Crippen LogP contribution is 2.25. The van der Waals surface area contributed by atoms with Crippen LogP contribution in [0.25, 0.3) is 0 Å². The van der Waals surface area contributed by atoms with Gasteiger partial charge in [0.05, 0.1) is 0 Å². The molecule has 1 aliphatic rings. The van der Waals surface area contributed by atoms with Crippen LogP contribution >= 0.6 is 0 Å². The molecule has 0 radical (unpaired) electrons. The van der Waals surface area contributed by atoms with Crippen LogP contribution < -0.4 is 5.32 Å². The third kappa shape index (κ3) is 2.25. The number of carbonyl (C=O) groups excluding carboxylic acids is 1. The van der Waals surface area contributed by atoms with Gasteiger partial charge < -0.3 is 5.32 Å². The van der Waals surface area contributed by atoms with E-state index >= 15 is 0 Å². The first-order chi connectivity index (χ1) is 7.70. The first-order valence-corrected chi connectivity index (χ1v) is 5.81. The number of carbonyl (C=O) groups is 1. The number of amides is 1. The molecule has 86 valence electrons. The Bertz CT molecular complexity index is 401. The Hall–Kier alpha value is -1.35. The van der Waals surface area contributed by atoms with E-state index in [2.05, 4.69) is 23.2 Å². The van der Waals surface area contributed by atoms with Crippen LogP contribution in [-0.4, -0.2) is 23.9 Å². The predicted octanol–water partition coefficient (Wildman–Crippen LogP) is 2.02. The van der Waals surface area contributed by atoms with Crippen LogP contribution in [0.2, 0.25) is 0 Å². The van der Waals surface area contributed by atoms with E-state index in [0.717, 1.165) is 31.7 Å². The van der Waals surface area contributed by atoms with Crippen molar-refractivity contribution in [2.45, 2.75) is 26.8 Å². The van der Waals surface area contributed by atoms with E-state index in [1.54, 1.807) is 6.92 Å². The van der Waals surface area contributed by atoms with Crippen molar-refractivity contribution < 1.29 is 4.79 Å². The van der Waals surface area contributed by atoms with Crippen LogP contribution in [0, 0.1) is 0 Å². The Morgan fingerprint density at radius 3 is 3.00 bits per heavy atom. The van der Waals surface area contributed by atoms with Gasteiger partial charge in [0.15, 0.2) is 0 Å². The summed E-state index contributed by atoms with van der Waals surface area (Å²) >= 11 is 0. The van der Waals surface area contributed by atoms with E-state index in [1.807, 2.05) is 12.1 Å². The van der Waals surface area contributed by atoms with Crippen molar-refractivity contribution in [1.82, 2.24) is 4.90 Å². The summed E-state index contributed by atoms with van der Waals surface area (Å²) in [6, 6.07) is 6.16. The molecule has 3 nitrogen and oxygen atoms in total. The fraction of sp³-hybridized carbons (Fsp3) is 0.462. The van der Waals surface area contributed by atoms with E-state index in [4.69, 9.17) is 0 Å². The monoisotopic (exact) mass is 218 g/mol. The molecule has 1 heterocycles. The number of benzene rings is 1. The molecule has 0 bridgehead atoms. The minimum atomic E-state index is 0.00585. The smallest absolute Gasteiger partial charge is 0.221 e. The second kappa shape index (κ2) is 4.66. The maximum absolute atomic E-state index is 11.1. The molecule has 0 saturated heterocycles. The van der Waals surface area contributed by atoms with E-state index in [0.29, 0.717) is 0 Å². The molecule has 0 atom stereocenters. The molecule has 0 spiro atoms. The molecule has 0 unspecified atom stereocenters. The van der Waals surface area contributed by atoms with Gasteiger partial charge in [0.25, 0.3) is 0 Å². The first kappa shape index (κ1) is 11.1. The zero-order valence-electron chi connectivity index (χ0n) is 9.92. The lowest BCUT2D eigenvalue weighted by molar-refractivity contribution is -0.114. The summed E-state index contributed by atoms with van der Waals surface area (Å²) in [6.07, 6.45) is 1.03.